The Morgan fingerprint density at radius 3 is 2.57 bits per heavy atom. The number of carbonyl (C=O) groups is 2. The Morgan fingerprint density at radius 2 is 1.96 bits per heavy atom. The van der Waals surface area contributed by atoms with Crippen LogP contribution in [0.1, 0.15) is 36.7 Å². The van der Waals surface area contributed by atoms with Gasteiger partial charge >= 0.3 is 6.03 Å². The fourth-order valence-corrected chi connectivity index (χ4v) is 2.56. The molecule has 2 aromatic rings. The van der Waals surface area contributed by atoms with E-state index in [4.69, 9.17) is 4.52 Å². The number of nitrogens with one attached hydrogen (secondary N) is 1. The minimum atomic E-state index is -1.08. The first-order chi connectivity index (χ1) is 10.9. The maximum absolute atomic E-state index is 12.8. The molecular weight excluding hydrogens is 296 g/mol. The molecule has 0 unspecified atom stereocenters. The first-order valence-corrected chi connectivity index (χ1v) is 7.46. The maximum Gasteiger partial charge on any atom is 0.325 e. The van der Waals surface area contributed by atoms with Gasteiger partial charge < -0.3 is 9.84 Å². The second-order valence-corrected chi connectivity index (χ2v) is 5.77. The highest BCUT2D eigenvalue weighted by molar-refractivity contribution is 6.07. The number of hydrogen-bond acceptors (Lipinski definition) is 5. The number of nitrogens with zero attached hydrogens (tertiary/aromatic N) is 3. The third-order valence-electron chi connectivity index (χ3n) is 4.02. The smallest absolute Gasteiger partial charge is 0.325 e. The van der Waals surface area contributed by atoms with E-state index < -0.39 is 11.6 Å². The standard InChI is InChI=1S/C16H18N4O3/c1-4-12-17-13(23-19-12)9-20-14(21)16(3,18-15(20)22)11-7-5-10(2)6-8-11/h5-8H,4,9H2,1-3H3,(H,18,22)/t16-/m0/s1. The van der Waals surface area contributed by atoms with Crippen molar-refractivity contribution in [3.8, 4) is 0 Å². The normalized spacial score (nSPS) is 20.9. The van der Waals surface area contributed by atoms with Crippen molar-refractivity contribution in [2.75, 3.05) is 0 Å². The van der Waals surface area contributed by atoms with E-state index in [1.54, 1.807) is 6.92 Å². The van der Waals surface area contributed by atoms with E-state index in [-0.39, 0.29) is 18.3 Å². The lowest BCUT2D eigenvalue weighted by Crippen LogP contribution is -2.40. The van der Waals surface area contributed by atoms with Crippen molar-refractivity contribution >= 4 is 11.9 Å². The molecule has 1 aromatic heterocycles. The van der Waals surface area contributed by atoms with Gasteiger partial charge in [-0.2, -0.15) is 4.98 Å². The first-order valence-electron chi connectivity index (χ1n) is 7.46. The number of aryl methyl sites for hydroxylation is 2. The molecule has 120 valence electrons. The number of hydrogen-bond donors (Lipinski definition) is 1. The molecule has 7 heteroatoms. The number of rotatable bonds is 4. The van der Waals surface area contributed by atoms with E-state index in [2.05, 4.69) is 15.5 Å². The predicted octanol–water partition coefficient (Wildman–Crippen LogP) is 1.91. The van der Waals surface area contributed by atoms with Crippen LogP contribution in [0, 0.1) is 6.92 Å². The van der Waals surface area contributed by atoms with E-state index in [0.29, 0.717) is 12.2 Å². The second kappa shape index (κ2) is 5.49. The molecule has 1 atom stereocenters. The van der Waals surface area contributed by atoms with Crippen LogP contribution in [0.4, 0.5) is 4.79 Å². The molecule has 0 spiro atoms. The van der Waals surface area contributed by atoms with Gasteiger partial charge in [-0.05, 0) is 19.4 Å². The van der Waals surface area contributed by atoms with Gasteiger partial charge in [0.05, 0.1) is 0 Å². The van der Waals surface area contributed by atoms with Crippen LogP contribution in [-0.2, 0) is 23.3 Å². The van der Waals surface area contributed by atoms with Gasteiger partial charge in [0, 0.05) is 6.42 Å². The Kier molecular flexibility index (Phi) is 3.63. The molecule has 23 heavy (non-hydrogen) atoms. The fraction of sp³-hybridized carbons (Fsp3) is 0.375. The van der Waals surface area contributed by atoms with Gasteiger partial charge in [-0.1, -0.05) is 41.9 Å². The average Bonchev–Trinajstić information content (AvgIpc) is 3.07. The molecular formula is C16H18N4O3. The Balaban J connectivity index is 1.85. The number of amides is 3. The summed E-state index contributed by atoms with van der Waals surface area (Å²) in [5.74, 6) is 0.467. The van der Waals surface area contributed by atoms with Crippen LogP contribution in [0.3, 0.4) is 0 Å². The average molecular weight is 314 g/mol. The van der Waals surface area contributed by atoms with Crippen LogP contribution >= 0.6 is 0 Å². The molecule has 1 N–H and O–H groups in total. The minimum Gasteiger partial charge on any atom is -0.337 e. The lowest BCUT2D eigenvalue weighted by Gasteiger charge is -2.22. The van der Waals surface area contributed by atoms with Crippen molar-refractivity contribution in [3.63, 3.8) is 0 Å². The van der Waals surface area contributed by atoms with Crippen molar-refractivity contribution in [1.29, 1.82) is 0 Å². The fourth-order valence-electron chi connectivity index (χ4n) is 2.56. The molecule has 1 aromatic carbocycles. The summed E-state index contributed by atoms with van der Waals surface area (Å²) in [5, 5.41) is 6.53. The lowest BCUT2D eigenvalue weighted by atomic mass is 9.91. The van der Waals surface area contributed by atoms with Gasteiger partial charge in [-0.3, -0.25) is 9.69 Å². The van der Waals surface area contributed by atoms with E-state index >= 15 is 0 Å². The third kappa shape index (κ3) is 2.58. The number of urea groups is 1. The second-order valence-electron chi connectivity index (χ2n) is 5.77. The molecule has 0 radical (unpaired) electrons. The van der Waals surface area contributed by atoms with Gasteiger partial charge in [-0.15, -0.1) is 0 Å². The highest BCUT2D eigenvalue weighted by atomic mass is 16.5. The van der Waals surface area contributed by atoms with Crippen LogP contribution < -0.4 is 5.32 Å². The first kappa shape index (κ1) is 15.2. The van der Waals surface area contributed by atoms with E-state index in [1.807, 2.05) is 38.1 Å². The van der Waals surface area contributed by atoms with Crippen LogP contribution in [0.15, 0.2) is 28.8 Å². The molecule has 7 nitrogen and oxygen atoms in total. The quantitative estimate of drug-likeness (QED) is 0.871. The predicted molar refractivity (Wildman–Crippen MR) is 81.3 cm³/mol. The molecule has 0 aliphatic carbocycles. The summed E-state index contributed by atoms with van der Waals surface area (Å²) in [5.41, 5.74) is 0.742. The highest BCUT2D eigenvalue weighted by Gasteiger charge is 2.49. The molecule has 1 aliphatic rings. The summed E-state index contributed by atoms with van der Waals surface area (Å²) in [6, 6.07) is 7.05. The number of imide groups is 1. The van der Waals surface area contributed by atoms with Crippen molar-refractivity contribution in [1.82, 2.24) is 20.4 Å². The number of carbonyl (C=O) groups excluding carboxylic acids is 2. The molecule has 0 bridgehead atoms. The van der Waals surface area contributed by atoms with Gasteiger partial charge in [0.2, 0.25) is 5.89 Å². The summed E-state index contributed by atoms with van der Waals surface area (Å²) in [6.45, 7) is 5.54. The lowest BCUT2D eigenvalue weighted by molar-refractivity contribution is -0.131. The molecule has 2 heterocycles. The molecule has 0 saturated carbocycles. The van der Waals surface area contributed by atoms with Crippen LogP contribution in [-0.4, -0.2) is 27.0 Å². The van der Waals surface area contributed by atoms with Crippen LogP contribution in [0.5, 0.6) is 0 Å². The van der Waals surface area contributed by atoms with E-state index in [0.717, 1.165) is 16.0 Å². The molecule has 1 aliphatic heterocycles. The van der Waals surface area contributed by atoms with E-state index in [9.17, 15) is 9.59 Å². The zero-order valence-electron chi connectivity index (χ0n) is 13.3. The topological polar surface area (TPSA) is 88.3 Å². The van der Waals surface area contributed by atoms with Crippen molar-refractivity contribution in [2.24, 2.45) is 0 Å². The van der Waals surface area contributed by atoms with Crippen molar-refractivity contribution < 1.29 is 14.1 Å². The molecule has 3 amide bonds. The monoisotopic (exact) mass is 314 g/mol. The SMILES string of the molecule is CCc1noc(CN2C(=O)N[C@@](C)(c3ccc(C)cc3)C2=O)n1. The molecule has 3 rings (SSSR count). The summed E-state index contributed by atoms with van der Waals surface area (Å²) in [6.07, 6.45) is 0.630. The van der Waals surface area contributed by atoms with Crippen LogP contribution in [0.2, 0.25) is 0 Å². The van der Waals surface area contributed by atoms with Gasteiger partial charge in [-0.25, -0.2) is 4.79 Å². The van der Waals surface area contributed by atoms with Gasteiger partial charge in [0.1, 0.15) is 12.1 Å². The Morgan fingerprint density at radius 1 is 1.26 bits per heavy atom. The van der Waals surface area contributed by atoms with Crippen LogP contribution in [0.25, 0.3) is 0 Å². The largest absolute Gasteiger partial charge is 0.337 e. The van der Waals surface area contributed by atoms with E-state index in [1.165, 1.54) is 0 Å². The minimum absolute atomic E-state index is 0.0287. The zero-order chi connectivity index (χ0) is 16.6. The summed E-state index contributed by atoms with van der Waals surface area (Å²) >= 11 is 0. The maximum atomic E-state index is 12.8. The zero-order valence-corrected chi connectivity index (χ0v) is 13.3. The molecule has 1 saturated heterocycles. The summed E-state index contributed by atoms with van der Waals surface area (Å²) < 4.78 is 5.07. The summed E-state index contributed by atoms with van der Waals surface area (Å²) in [4.78, 5) is 30.2. The third-order valence-corrected chi connectivity index (χ3v) is 4.02. The molecule has 1 fully saturated rings. The summed E-state index contributed by atoms with van der Waals surface area (Å²) in [7, 11) is 0. The van der Waals surface area contributed by atoms with Crippen molar-refractivity contribution in [3.05, 3.63) is 47.1 Å². The number of aromatic nitrogens is 2. The Bertz CT molecular complexity index is 753. The Labute approximate surface area is 133 Å². The van der Waals surface area contributed by atoms with Gasteiger partial charge in [0.25, 0.3) is 5.91 Å². The van der Waals surface area contributed by atoms with Crippen molar-refractivity contribution in [2.45, 2.75) is 39.3 Å². The Hall–Kier alpha value is -2.70. The van der Waals surface area contributed by atoms with Gasteiger partial charge in [0.15, 0.2) is 5.82 Å². The highest BCUT2D eigenvalue weighted by Crippen LogP contribution is 2.29. The number of benzene rings is 1.